The standard InChI is InChI=1S/C26H29BrN4/c1-4-28-14-8-10-18(3)29-26-22-13-7-9-17(2)24(22)30-25(31-26)20-15-19-11-5-6-12-21(19)23(27)16-20/h5-7,9,11-13,15-16,18,28H,4,8,10,14H2,1-3H3,(H,29,30,31). The fraction of sp³-hybridized carbons (Fsp3) is 0.308. The van der Waals surface area contributed by atoms with Crippen molar-refractivity contribution < 1.29 is 0 Å². The Morgan fingerprint density at radius 2 is 1.81 bits per heavy atom. The van der Waals surface area contributed by atoms with E-state index in [1.807, 2.05) is 0 Å². The summed E-state index contributed by atoms with van der Waals surface area (Å²) in [6.45, 7) is 8.54. The lowest BCUT2D eigenvalue weighted by Crippen LogP contribution is -2.20. The Hall–Kier alpha value is -2.50. The van der Waals surface area contributed by atoms with E-state index in [1.165, 1.54) is 10.8 Å². The Bertz CT molecular complexity index is 1200. The van der Waals surface area contributed by atoms with Gasteiger partial charge in [-0.25, -0.2) is 9.97 Å². The molecular weight excluding hydrogens is 448 g/mol. The molecule has 0 aliphatic heterocycles. The monoisotopic (exact) mass is 476 g/mol. The lowest BCUT2D eigenvalue weighted by atomic mass is 10.1. The number of hydrogen-bond donors (Lipinski definition) is 2. The third-order valence-electron chi connectivity index (χ3n) is 5.62. The van der Waals surface area contributed by atoms with Crippen LogP contribution < -0.4 is 10.6 Å². The number of rotatable bonds is 8. The maximum Gasteiger partial charge on any atom is 0.162 e. The summed E-state index contributed by atoms with van der Waals surface area (Å²) in [6.07, 6.45) is 2.22. The van der Waals surface area contributed by atoms with E-state index in [-0.39, 0.29) is 0 Å². The van der Waals surface area contributed by atoms with Crippen molar-refractivity contribution in [3.8, 4) is 11.4 Å². The summed E-state index contributed by atoms with van der Waals surface area (Å²) in [4.78, 5) is 9.95. The van der Waals surface area contributed by atoms with Gasteiger partial charge in [0.25, 0.3) is 0 Å². The molecule has 4 aromatic rings. The third-order valence-corrected chi connectivity index (χ3v) is 6.28. The summed E-state index contributed by atoms with van der Waals surface area (Å²) in [5.41, 5.74) is 3.17. The van der Waals surface area contributed by atoms with E-state index in [0.29, 0.717) is 6.04 Å². The molecule has 4 rings (SSSR count). The molecule has 31 heavy (non-hydrogen) atoms. The van der Waals surface area contributed by atoms with Gasteiger partial charge in [-0.05, 0) is 74.3 Å². The van der Waals surface area contributed by atoms with E-state index in [9.17, 15) is 0 Å². The summed E-state index contributed by atoms with van der Waals surface area (Å²) >= 11 is 3.73. The molecule has 0 fully saturated rings. The van der Waals surface area contributed by atoms with E-state index in [2.05, 4.69) is 102 Å². The van der Waals surface area contributed by atoms with Crippen molar-refractivity contribution in [1.82, 2.24) is 15.3 Å². The molecule has 4 nitrogen and oxygen atoms in total. The predicted octanol–water partition coefficient (Wildman–Crippen LogP) is 6.71. The molecule has 0 bridgehead atoms. The fourth-order valence-electron chi connectivity index (χ4n) is 3.94. The number of nitrogens with one attached hydrogen (secondary N) is 2. The molecule has 160 valence electrons. The normalized spacial score (nSPS) is 12.4. The van der Waals surface area contributed by atoms with E-state index in [1.54, 1.807) is 0 Å². The van der Waals surface area contributed by atoms with Gasteiger partial charge in [0, 0.05) is 21.5 Å². The lowest BCUT2D eigenvalue weighted by molar-refractivity contribution is 0.602. The second-order valence-electron chi connectivity index (χ2n) is 8.09. The first-order valence-electron chi connectivity index (χ1n) is 11.0. The molecule has 1 unspecified atom stereocenters. The summed E-state index contributed by atoms with van der Waals surface area (Å²) < 4.78 is 1.06. The Morgan fingerprint density at radius 3 is 2.65 bits per heavy atom. The molecule has 0 saturated carbocycles. The number of para-hydroxylation sites is 1. The Kier molecular flexibility index (Phi) is 6.83. The highest BCUT2D eigenvalue weighted by atomic mass is 79.9. The number of fused-ring (bicyclic) bond motifs is 2. The molecule has 5 heteroatoms. The van der Waals surface area contributed by atoms with Gasteiger partial charge >= 0.3 is 0 Å². The van der Waals surface area contributed by atoms with E-state index < -0.39 is 0 Å². The number of benzene rings is 3. The summed E-state index contributed by atoms with van der Waals surface area (Å²) in [5, 5.41) is 10.5. The zero-order valence-electron chi connectivity index (χ0n) is 18.4. The van der Waals surface area contributed by atoms with Crippen LogP contribution in [0.2, 0.25) is 0 Å². The average molecular weight is 477 g/mol. The van der Waals surface area contributed by atoms with Crippen molar-refractivity contribution in [2.75, 3.05) is 18.4 Å². The lowest BCUT2D eigenvalue weighted by Gasteiger charge is -2.18. The largest absolute Gasteiger partial charge is 0.367 e. The maximum absolute atomic E-state index is 4.99. The minimum Gasteiger partial charge on any atom is -0.367 e. The number of anilines is 1. The third kappa shape index (κ3) is 4.89. The van der Waals surface area contributed by atoms with Crippen LogP contribution in [-0.4, -0.2) is 29.1 Å². The number of aryl methyl sites for hydroxylation is 1. The van der Waals surface area contributed by atoms with Crippen molar-refractivity contribution in [2.45, 2.75) is 39.7 Å². The van der Waals surface area contributed by atoms with Crippen molar-refractivity contribution in [3.63, 3.8) is 0 Å². The van der Waals surface area contributed by atoms with Crippen molar-refractivity contribution in [1.29, 1.82) is 0 Å². The van der Waals surface area contributed by atoms with Crippen LogP contribution in [0.1, 0.15) is 32.3 Å². The van der Waals surface area contributed by atoms with Crippen LogP contribution in [0, 0.1) is 6.92 Å². The highest BCUT2D eigenvalue weighted by Gasteiger charge is 2.14. The van der Waals surface area contributed by atoms with Gasteiger partial charge in [-0.3, -0.25) is 0 Å². The topological polar surface area (TPSA) is 49.8 Å². The highest BCUT2D eigenvalue weighted by molar-refractivity contribution is 9.10. The molecule has 0 amide bonds. The maximum atomic E-state index is 4.99. The van der Waals surface area contributed by atoms with Crippen LogP contribution in [0.25, 0.3) is 33.1 Å². The molecule has 1 atom stereocenters. The van der Waals surface area contributed by atoms with Gasteiger partial charge in [-0.2, -0.15) is 0 Å². The van der Waals surface area contributed by atoms with Gasteiger partial charge in [0.2, 0.25) is 0 Å². The fourth-order valence-corrected chi connectivity index (χ4v) is 4.55. The molecule has 0 saturated heterocycles. The first-order chi connectivity index (χ1) is 15.1. The van der Waals surface area contributed by atoms with Crippen molar-refractivity contribution in [3.05, 3.63) is 64.6 Å². The number of nitrogens with zero attached hydrogens (tertiary/aromatic N) is 2. The smallest absolute Gasteiger partial charge is 0.162 e. The molecule has 3 aromatic carbocycles. The minimum absolute atomic E-state index is 0.327. The zero-order chi connectivity index (χ0) is 21.8. The van der Waals surface area contributed by atoms with E-state index >= 15 is 0 Å². The van der Waals surface area contributed by atoms with Crippen molar-refractivity contribution >= 4 is 43.4 Å². The molecule has 0 spiro atoms. The second kappa shape index (κ2) is 9.75. The number of hydrogen-bond acceptors (Lipinski definition) is 4. The first-order valence-corrected chi connectivity index (χ1v) is 11.8. The predicted molar refractivity (Wildman–Crippen MR) is 136 cm³/mol. The average Bonchev–Trinajstić information content (AvgIpc) is 2.77. The van der Waals surface area contributed by atoms with E-state index in [0.717, 1.165) is 64.1 Å². The molecule has 0 aliphatic rings. The van der Waals surface area contributed by atoms with Gasteiger partial charge < -0.3 is 10.6 Å². The summed E-state index contributed by atoms with van der Waals surface area (Å²) in [5.74, 6) is 1.65. The number of aromatic nitrogens is 2. The Balaban J connectivity index is 1.74. The first kappa shape index (κ1) is 21.7. The van der Waals surface area contributed by atoms with Crippen LogP contribution in [0.3, 0.4) is 0 Å². The van der Waals surface area contributed by atoms with Crippen LogP contribution in [0.15, 0.2) is 59.1 Å². The molecule has 0 aliphatic carbocycles. The van der Waals surface area contributed by atoms with Crippen LogP contribution in [-0.2, 0) is 0 Å². The SMILES string of the molecule is CCNCCCC(C)Nc1nc(-c2cc(Br)c3ccccc3c2)nc2c(C)cccc12. The highest BCUT2D eigenvalue weighted by Crippen LogP contribution is 2.32. The van der Waals surface area contributed by atoms with E-state index in [4.69, 9.17) is 9.97 Å². The van der Waals surface area contributed by atoms with Crippen LogP contribution >= 0.6 is 15.9 Å². The van der Waals surface area contributed by atoms with Crippen molar-refractivity contribution in [2.24, 2.45) is 0 Å². The van der Waals surface area contributed by atoms with Crippen LogP contribution in [0.4, 0.5) is 5.82 Å². The van der Waals surface area contributed by atoms with Crippen LogP contribution in [0.5, 0.6) is 0 Å². The quantitative estimate of drug-likeness (QED) is 0.277. The van der Waals surface area contributed by atoms with Gasteiger partial charge in [0.05, 0.1) is 5.52 Å². The molecule has 2 N–H and O–H groups in total. The summed E-state index contributed by atoms with van der Waals surface area (Å²) in [6, 6.07) is 19.3. The molecular formula is C26H29BrN4. The van der Waals surface area contributed by atoms with Gasteiger partial charge in [0.15, 0.2) is 5.82 Å². The molecule has 0 radical (unpaired) electrons. The zero-order valence-corrected chi connectivity index (χ0v) is 20.0. The minimum atomic E-state index is 0.327. The Morgan fingerprint density at radius 1 is 1.00 bits per heavy atom. The molecule has 1 aromatic heterocycles. The summed E-state index contributed by atoms with van der Waals surface area (Å²) in [7, 11) is 0. The van der Waals surface area contributed by atoms with Gasteiger partial charge in [0.1, 0.15) is 5.82 Å². The number of halogens is 1. The Labute approximate surface area is 192 Å². The second-order valence-corrected chi connectivity index (χ2v) is 8.94. The van der Waals surface area contributed by atoms with Gasteiger partial charge in [-0.15, -0.1) is 0 Å². The molecule has 1 heterocycles. The van der Waals surface area contributed by atoms with Gasteiger partial charge in [-0.1, -0.05) is 59.3 Å².